The first-order chi connectivity index (χ1) is 12.5. The minimum Gasteiger partial charge on any atom is -0.504 e. The van der Waals surface area contributed by atoms with Gasteiger partial charge in [-0.3, -0.25) is 4.90 Å². The number of benzene rings is 2. The molecule has 5 heteroatoms. The maximum atomic E-state index is 13.4. The minimum absolute atomic E-state index is 0.0967. The molecule has 1 fully saturated rings. The smallest absolute Gasteiger partial charge is 0.203 e. The zero-order valence-electron chi connectivity index (χ0n) is 15.6. The zero-order valence-corrected chi connectivity index (χ0v) is 15.6. The summed E-state index contributed by atoms with van der Waals surface area (Å²) in [5.74, 6) is 1.42. The molecule has 2 aromatic rings. The molecule has 1 saturated heterocycles. The van der Waals surface area contributed by atoms with E-state index in [1.807, 2.05) is 25.1 Å². The van der Waals surface area contributed by atoms with Gasteiger partial charge in [0.1, 0.15) is 5.82 Å². The number of hydrogen-bond donors (Lipinski definition) is 1. The van der Waals surface area contributed by atoms with Crippen molar-refractivity contribution in [2.45, 2.75) is 26.3 Å². The lowest BCUT2D eigenvalue weighted by Crippen LogP contribution is -2.20. The van der Waals surface area contributed by atoms with Crippen LogP contribution in [0.1, 0.15) is 23.1 Å². The van der Waals surface area contributed by atoms with Crippen LogP contribution in [0, 0.1) is 18.7 Å². The first-order valence-corrected chi connectivity index (χ1v) is 8.91. The van der Waals surface area contributed by atoms with Crippen molar-refractivity contribution in [1.29, 1.82) is 0 Å². The van der Waals surface area contributed by atoms with Crippen LogP contribution in [0.25, 0.3) is 0 Å². The van der Waals surface area contributed by atoms with E-state index in [4.69, 9.17) is 9.47 Å². The lowest BCUT2D eigenvalue weighted by molar-refractivity contribution is 0.310. The summed E-state index contributed by atoms with van der Waals surface area (Å²) in [6.07, 6.45) is 2.09. The van der Waals surface area contributed by atoms with Gasteiger partial charge in [-0.15, -0.1) is 0 Å². The van der Waals surface area contributed by atoms with E-state index in [1.165, 1.54) is 12.7 Å². The van der Waals surface area contributed by atoms with Crippen LogP contribution < -0.4 is 9.47 Å². The van der Waals surface area contributed by atoms with Gasteiger partial charge in [-0.25, -0.2) is 4.39 Å². The normalized spacial score (nSPS) is 17.5. The lowest BCUT2D eigenvalue weighted by atomic mass is 9.97. The Hall–Kier alpha value is -2.27. The molecule has 0 saturated carbocycles. The number of phenols is 1. The van der Waals surface area contributed by atoms with Gasteiger partial charge >= 0.3 is 0 Å². The number of phenolic OH excluding ortho intramolecular Hbond substituents is 1. The molecule has 1 aliphatic heterocycles. The lowest BCUT2D eigenvalue weighted by Gasteiger charge is -2.18. The molecule has 1 N–H and O–H groups in total. The van der Waals surface area contributed by atoms with E-state index in [0.29, 0.717) is 23.0 Å². The molecule has 1 atom stereocenters. The van der Waals surface area contributed by atoms with Crippen LogP contribution in [0.3, 0.4) is 0 Å². The molecule has 1 unspecified atom stereocenters. The van der Waals surface area contributed by atoms with Gasteiger partial charge in [-0.2, -0.15) is 0 Å². The van der Waals surface area contributed by atoms with Gasteiger partial charge in [-0.1, -0.05) is 12.1 Å². The quantitative estimate of drug-likeness (QED) is 0.849. The van der Waals surface area contributed by atoms with Crippen LogP contribution in [-0.4, -0.2) is 37.3 Å². The third-order valence-electron chi connectivity index (χ3n) is 5.04. The molecule has 0 bridgehead atoms. The number of hydrogen-bond acceptors (Lipinski definition) is 4. The van der Waals surface area contributed by atoms with Crippen LogP contribution in [0.5, 0.6) is 17.2 Å². The number of rotatable bonds is 6. The van der Waals surface area contributed by atoms with Gasteiger partial charge in [0.25, 0.3) is 0 Å². The molecular formula is C21H26FNO3. The largest absolute Gasteiger partial charge is 0.504 e. The van der Waals surface area contributed by atoms with Crippen LogP contribution >= 0.6 is 0 Å². The summed E-state index contributed by atoms with van der Waals surface area (Å²) in [4.78, 5) is 2.38. The summed E-state index contributed by atoms with van der Waals surface area (Å²) < 4.78 is 23.9. The minimum atomic E-state index is -0.143. The van der Waals surface area contributed by atoms with Crippen molar-refractivity contribution in [2.75, 3.05) is 27.3 Å². The number of likely N-dealkylation sites (tertiary alicyclic amines) is 1. The fourth-order valence-electron chi connectivity index (χ4n) is 3.74. The SMILES string of the molecule is COc1cc(CN2CCC(Cc3ccc(F)c(C)c3)C2)cc(O)c1OC. The van der Waals surface area contributed by atoms with Crippen LogP contribution in [-0.2, 0) is 13.0 Å². The summed E-state index contributed by atoms with van der Waals surface area (Å²) in [7, 11) is 3.08. The average molecular weight is 359 g/mol. The molecule has 4 nitrogen and oxygen atoms in total. The molecule has 1 heterocycles. The van der Waals surface area contributed by atoms with E-state index in [1.54, 1.807) is 19.2 Å². The van der Waals surface area contributed by atoms with Gasteiger partial charge in [0.15, 0.2) is 11.5 Å². The van der Waals surface area contributed by atoms with Crippen molar-refractivity contribution in [3.8, 4) is 17.2 Å². The first kappa shape index (κ1) is 18.5. The maximum Gasteiger partial charge on any atom is 0.203 e. The molecule has 0 radical (unpaired) electrons. The summed E-state index contributed by atoms with van der Waals surface area (Å²) >= 11 is 0. The van der Waals surface area contributed by atoms with Gasteiger partial charge in [0.05, 0.1) is 14.2 Å². The Bertz CT molecular complexity index is 778. The van der Waals surface area contributed by atoms with Crippen molar-refractivity contribution in [3.05, 3.63) is 52.8 Å². The van der Waals surface area contributed by atoms with E-state index in [9.17, 15) is 9.50 Å². The monoisotopic (exact) mass is 359 g/mol. The molecule has 2 aromatic carbocycles. The van der Waals surface area contributed by atoms with E-state index < -0.39 is 0 Å². The van der Waals surface area contributed by atoms with E-state index in [-0.39, 0.29) is 11.6 Å². The summed E-state index contributed by atoms with van der Waals surface area (Å²) in [5, 5.41) is 10.1. The summed E-state index contributed by atoms with van der Waals surface area (Å²) in [6, 6.07) is 9.04. The molecule has 1 aliphatic rings. The van der Waals surface area contributed by atoms with Crippen LogP contribution in [0.2, 0.25) is 0 Å². The second-order valence-corrected chi connectivity index (χ2v) is 7.03. The highest BCUT2D eigenvalue weighted by molar-refractivity contribution is 5.53. The highest BCUT2D eigenvalue weighted by Gasteiger charge is 2.23. The summed E-state index contributed by atoms with van der Waals surface area (Å²) in [5.41, 5.74) is 2.90. The van der Waals surface area contributed by atoms with Crippen molar-refractivity contribution in [3.63, 3.8) is 0 Å². The van der Waals surface area contributed by atoms with Gasteiger partial charge < -0.3 is 14.6 Å². The number of nitrogens with zero attached hydrogens (tertiary/aromatic N) is 1. The summed E-state index contributed by atoms with van der Waals surface area (Å²) in [6.45, 7) is 4.57. The molecule has 0 amide bonds. The highest BCUT2D eigenvalue weighted by Crippen LogP contribution is 2.38. The Kier molecular flexibility index (Phi) is 5.67. The Morgan fingerprint density at radius 3 is 2.65 bits per heavy atom. The van der Waals surface area contributed by atoms with Crippen LogP contribution in [0.15, 0.2) is 30.3 Å². The third-order valence-corrected chi connectivity index (χ3v) is 5.04. The number of methoxy groups -OCH3 is 2. The van der Waals surface area contributed by atoms with Gasteiger partial charge in [0.2, 0.25) is 5.75 Å². The number of halogens is 1. The van der Waals surface area contributed by atoms with Crippen molar-refractivity contribution in [1.82, 2.24) is 4.90 Å². The first-order valence-electron chi connectivity index (χ1n) is 8.91. The molecule has 3 rings (SSSR count). The Balaban J connectivity index is 1.62. The Labute approximate surface area is 154 Å². The average Bonchev–Trinajstić information content (AvgIpc) is 3.04. The third kappa shape index (κ3) is 4.10. The topological polar surface area (TPSA) is 41.9 Å². The fourth-order valence-corrected chi connectivity index (χ4v) is 3.74. The van der Waals surface area contributed by atoms with Gasteiger partial charge in [0, 0.05) is 13.1 Å². The number of aryl methyl sites for hydroxylation is 1. The Morgan fingerprint density at radius 1 is 1.15 bits per heavy atom. The molecule has 0 aromatic heterocycles. The molecule has 140 valence electrons. The zero-order chi connectivity index (χ0) is 18.7. The fraction of sp³-hybridized carbons (Fsp3) is 0.429. The predicted octanol–water partition coefficient (Wildman–Crippen LogP) is 3.92. The second kappa shape index (κ2) is 7.96. The standard InChI is InChI=1S/C21H26FNO3/c1-14-8-15(4-5-18(14)22)9-16-6-7-23(12-16)13-17-10-19(24)21(26-3)20(11-17)25-2/h4-5,8,10-11,16,24H,6-7,9,12-13H2,1-3H3. The second-order valence-electron chi connectivity index (χ2n) is 7.03. The predicted molar refractivity (Wildman–Crippen MR) is 99.4 cm³/mol. The van der Waals surface area contributed by atoms with Crippen molar-refractivity contribution < 1.29 is 19.0 Å². The molecule has 26 heavy (non-hydrogen) atoms. The maximum absolute atomic E-state index is 13.4. The van der Waals surface area contributed by atoms with Crippen LogP contribution in [0.4, 0.5) is 4.39 Å². The molecular weight excluding hydrogens is 333 g/mol. The highest BCUT2D eigenvalue weighted by atomic mass is 19.1. The van der Waals surface area contributed by atoms with E-state index in [2.05, 4.69) is 4.90 Å². The van der Waals surface area contributed by atoms with Crippen molar-refractivity contribution >= 4 is 0 Å². The number of aromatic hydroxyl groups is 1. The molecule has 0 aliphatic carbocycles. The van der Waals surface area contributed by atoms with E-state index >= 15 is 0 Å². The van der Waals surface area contributed by atoms with E-state index in [0.717, 1.165) is 38.0 Å². The van der Waals surface area contributed by atoms with Gasteiger partial charge in [-0.05, 0) is 67.1 Å². The Morgan fingerprint density at radius 2 is 1.96 bits per heavy atom. The number of ether oxygens (including phenoxy) is 2. The molecule has 0 spiro atoms. The van der Waals surface area contributed by atoms with Crippen molar-refractivity contribution in [2.24, 2.45) is 5.92 Å².